The van der Waals surface area contributed by atoms with Crippen molar-refractivity contribution in [2.45, 2.75) is 0 Å². The molecule has 0 aromatic carbocycles. The summed E-state index contributed by atoms with van der Waals surface area (Å²) < 4.78 is 5.29. The minimum Gasteiger partial charge on any atom is -0.463 e. The van der Waals surface area contributed by atoms with E-state index in [1.807, 2.05) is 6.07 Å². The normalized spacial score (nSPS) is 11.3. The SMILES string of the molecule is c1cc2cnc3[nH]ncc3c2o1. The summed E-state index contributed by atoms with van der Waals surface area (Å²) in [5, 5.41) is 8.60. The molecule has 3 heterocycles. The number of fused-ring (bicyclic) bond motifs is 3. The summed E-state index contributed by atoms with van der Waals surface area (Å²) >= 11 is 0. The van der Waals surface area contributed by atoms with E-state index in [1.54, 1.807) is 18.7 Å². The van der Waals surface area contributed by atoms with E-state index in [-0.39, 0.29) is 0 Å². The number of hydrogen-bond acceptors (Lipinski definition) is 3. The van der Waals surface area contributed by atoms with Crippen LogP contribution in [0.15, 0.2) is 29.1 Å². The third-order valence-electron chi connectivity index (χ3n) is 1.89. The summed E-state index contributed by atoms with van der Waals surface area (Å²) in [5.74, 6) is 0. The van der Waals surface area contributed by atoms with E-state index >= 15 is 0 Å². The predicted molar refractivity (Wildman–Crippen MR) is 43.7 cm³/mol. The fourth-order valence-electron chi connectivity index (χ4n) is 1.32. The van der Waals surface area contributed by atoms with Crippen molar-refractivity contribution in [3.63, 3.8) is 0 Å². The number of nitrogens with zero attached hydrogens (tertiary/aromatic N) is 2. The Kier molecular flexibility index (Phi) is 0.889. The number of pyridine rings is 1. The topological polar surface area (TPSA) is 54.7 Å². The molecule has 0 spiro atoms. The van der Waals surface area contributed by atoms with Gasteiger partial charge in [-0.1, -0.05) is 0 Å². The quantitative estimate of drug-likeness (QED) is 0.543. The fourth-order valence-corrected chi connectivity index (χ4v) is 1.32. The van der Waals surface area contributed by atoms with Crippen LogP contribution in [0.2, 0.25) is 0 Å². The third-order valence-corrected chi connectivity index (χ3v) is 1.89. The van der Waals surface area contributed by atoms with Gasteiger partial charge in [-0.25, -0.2) is 4.98 Å². The Morgan fingerprint density at radius 2 is 2.33 bits per heavy atom. The van der Waals surface area contributed by atoms with Gasteiger partial charge in [-0.2, -0.15) is 5.10 Å². The molecule has 0 amide bonds. The summed E-state index contributed by atoms with van der Waals surface area (Å²) in [6, 6.07) is 1.88. The highest BCUT2D eigenvalue weighted by molar-refractivity contribution is 5.99. The van der Waals surface area contributed by atoms with Crippen molar-refractivity contribution in [3.8, 4) is 0 Å². The first-order chi connectivity index (χ1) is 5.95. The molecule has 3 aromatic rings. The number of hydrogen-bond donors (Lipinski definition) is 1. The molecule has 12 heavy (non-hydrogen) atoms. The van der Waals surface area contributed by atoms with E-state index in [1.165, 1.54) is 0 Å². The molecule has 0 saturated heterocycles. The Morgan fingerprint density at radius 3 is 3.33 bits per heavy atom. The lowest BCUT2D eigenvalue weighted by atomic mass is 10.3. The standard InChI is InChI=1S/C8H5N3O/c1-2-12-7-5(1)3-9-8-6(7)4-10-11-8/h1-4H,(H,9,10,11). The van der Waals surface area contributed by atoms with Gasteiger partial charge in [0.25, 0.3) is 0 Å². The summed E-state index contributed by atoms with van der Waals surface area (Å²) in [6.45, 7) is 0. The first-order valence-electron chi connectivity index (χ1n) is 3.60. The van der Waals surface area contributed by atoms with Crippen LogP contribution in [0.25, 0.3) is 22.0 Å². The van der Waals surface area contributed by atoms with Crippen LogP contribution in [-0.2, 0) is 0 Å². The molecular weight excluding hydrogens is 154 g/mol. The summed E-state index contributed by atoms with van der Waals surface area (Å²) in [6.07, 6.45) is 5.13. The summed E-state index contributed by atoms with van der Waals surface area (Å²) in [4.78, 5) is 4.16. The van der Waals surface area contributed by atoms with Gasteiger partial charge in [0.05, 0.1) is 17.8 Å². The maximum Gasteiger partial charge on any atom is 0.158 e. The van der Waals surface area contributed by atoms with Gasteiger partial charge in [-0.15, -0.1) is 0 Å². The molecule has 0 aliphatic rings. The van der Waals surface area contributed by atoms with E-state index in [2.05, 4.69) is 15.2 Å². The molecule has 4 heteroatoms. The molecular formula is C8H5N3O. The van der Waals surface area contributed by atoms with Gasteiger partial charge in [0, 0.05) is 11.6 Å². The van der Waals surface area contributed by atoms with E-state index in [0.717, 1.165) is 22.0 Å². The van der Waals surface area contributed by atoms with Crippen molar-refractivity contribution in [3.05, 3.63) is 24.7 Å². The molecule has 0 unspecified atom stereocenters. The number of H-pyrrole nitrogens is 1. The molecule has 0 bridgehead atoms. The molecule has 0 aliphatic heterocycles. The lowest BCUT2D eigenvalue weighted by molar-refractivity contribution is 0.619. The highest BCUT2D eigenvalue weighted by Crippen LogP contribution is 2.21. The van der Waals surface area contributed by atoms with E-state index < -0.39 is 0 Å². The smallest absolute Gasteiger partial charge is 0.158 e. The van der Waals surface area contributed by atoms with Gasteiger partial charge in [0.15, 0.2) is 5.65 Å². The van der Waals surface area contributed by atoms with Gasteiger partial charge >= 0.3 is 0 Å². The Bertz CT molecular complexity index is 487. The molecule has 0 aliphatic carbocycles. The maximum atomic E-state index is 5.29. The number of aromatic amines is 1. The first-order valence-corrected chi connectivity index (χ1v) is 3.60. The Balaban J connectivity index is 2.71. The Hall–Kier alpha value is -1.84. The van der Waals surface area contributed by atoms with Crippen LogP contribution in [0.1, 0.15) is 0 Å². The van der Waals surface area contributed by atoms with Crippen LogP contribution in [0, 0.1) is 0 Å². The zero-order valence-corrected chi connectivity index (χ0v) is 6.11. The molecule has 0 fully saturated rings. The van der Waals surface area contributed by atoms with Crippen molar-refractivity contribution in [2.75, 3.05) is 0 Å². The minimum absolute atomic E-state index is 0.762. The first kappa shape index (κ1) is 5.77. The lowest BCUT2D eigenvalue weighted by Crippen LogP contribution is -1.74. The van der Waals surface area contributed by atoms with Crippen LogP contribution in [-0.4, -0.2) is 15.2 Å². The molecule has 1 N–H and O–H groups in total. The van der Waals surface area contributed by atoms with Crippen molar-refractivity contribution in [1.82, 2.24) is 15.2 Å². The second kappa shape index (κ2) is 1.85. The molecule has 4 nitrogen and oxygen atoms in total. The largest absolute Gasteiger partial charge is 0.463 e. The summed E-state index contributed by atoms with van der Waals surface area (Å²) in [5.41, 5.74) is 1.60. The second-order valence-electron chi connectivity index (χ2n) is 2.60. The molecule has 0 saturated carbocycles. The van der Waals surface area contributed by atoms with Gasteiger partial charge < -0.3 is 4.42 Å². The van der Waals surface area contributed by atoms with Crippen molar-refractivity contribution < 1.29 is 4.42 Å². The van der Waals surface area contributed by atoms with E-state index in [9.17, 15) is 0 Å². The van der Waals surface area contributed by atoms with Crippen LogP contribution >= 0.6 is 0 Å². The van der Waals surface area contributed by atoms with E-state index in [4.69, 9.17) is 4.42 Å². The number of furan rings is 1. The molecule has 3 aromatic heterocycles. The lowest BCUT2D eigenvalue weighted by Gasteiger charge is -1.87. The highest BCUT2D eigenvalue weighted by Gasteiger charge is 2.04. The average Bonchev–Trinajstić information content (AvgIpc) is 2.71. The van der Waals surface area contributed by atoms with Crippen LogP contribution in [0.3, 0.4) is 0 Å². The second-order valence-corrected chi connectivity index (χ2v) is 2.60. The average molecular weight is 159 g/mol. The van der Waals surface area contributed by atoms with Crippen LogP contribution in [0.4, 0.5) is 0 Å². The zero-order valence-electron chi connectivity index (χ0n) is 6.11. The molecule has 0 atom stereocenters. The van der Waals surface area contributed by atoms with Crippen LogP contribution in [0.5, 0.6) is 0 Å². The molecule has 0 radical (unpaired) electrons. The Labute approximate surface area is 67.2 Å². The maximum absolute atomic E-state index is 5.29. The monoisotopic (exact) mass is 159 g/mol. The fraction of sp³-hybridized carbons (Fsp3) is 0. The van der Waals surface area contributed by atoms with Gasteiger partial charge in [-0.3, -0.25) is 5.10 Å². The van der Waals surface area contributed by atoms with Gasteiger partial charge in [-0.05, 0) is 6.07 Å². The van der Waals surface area contributed by atoms with E-state index in [0.29, 0.717) is 0 Å². The predicted octanol–water partition coefficient (Wildman–Crippen LogP) is 1.70. The highest BCUT2D eigenvalue weighted by atomic mass is 16.3. The van der Waals surface area contributed by atoms with Gasteiger partial charge in [0.2, 0.25) is 0 Å². The number of aromatic nitrogens is 3. The molecule has 3 rings (SSSR count). The van der Waals surface area contributed by atoms with Gasteiger partial charge in [0.1, 0.15) is 5.58 Å². The zero-order chi connectivity index (χ0) is 7.97. The number of rotatable bonds is 0. The Morgan fingerprint density at radius 1 is 1.33 bits per heavy atom. The minimum atomic E-state index is 0.762. The summed E-state index contributed by atoms with van der Waals surface area (Å²) in [7, 11) is 0. The third kappa shape index (κ3) is 0.567. The molecule has 58 valence electrons. The number of nitrogens with one attached hydrogen (secondary N) is 1. The van der Waals surface area contributed by atoms with Crippen molar-refractivity contribution in [1.29, 1.82) is 0 Å². The van der Waals surface area contributed by atoms with Crippen molar-refractivity contribution in [2.24, 2.45) is 0 Å². The van der Waals surface area contributed by atoms with Crippen molar-refractivity contribution >= 4 is 22.0 Å². The van der Waals surface area contributed by atoms with Crippen LogP contribution < -0.4 is 0 Å².